The lowest BCUT2D eigenvalue weighted by Gasteiger charge is -2.24. The number of likely N-dealkylation sites (N-methyl/N-ethyl adjacent to an activating group) is 1. The van der Waals surface area contributed by atoms with E-state index >= 15 is 0 Å². The van der Waals surface area contributed by atoms with Crippen LogP contribution in [0, 0.1) is 0 Å². The highest BCUT2D eigenvalue weighted by Gasteiger charge is 2.16. The number of carbonyl (C=O) groups is 1. The van der Waals surface area contributed by atoms with E-state index in [4.69, 9.17) is 0 Å². The van der Waals surface area contributed by atoms with Gasteiger partial charge in [-0.3, -0.25) is 9.69 Å². The second-order valence-corrected chi connectivity index (χ2v) is 5.07. The van der Waals surface area contributed by atoms with Crippen LogP contribution in [0.5, 0.6) is 0 Å². The van der Waals surface area contributed by atoms with Gasteiger partial charge in [-0.05, 0) is 30.7 Å². The quantitative estimate of drug-likeness (QED) is 0.838. The van der Waals surface area contributed by atoms with Gasteiger partial charge in [0.05, 0.1) is 5.69 Å². The first-order chi connectivity index (χ1) is 9.83. The maximum Gasteiger partial charge on any atom is 0.211 e. The van der Waals surface area contributed by atoms with E-state index < -0.39 is 0 Å². The van der Waals surface area contributed by atoms with Crippen LogP contribution >= 0.6 is 0 Å². The van der Waals surface area contributed by atoms with Crippen molar-refractivity contribution in [2.24, 2.45) is 0 Å². The summed E-state index contributed by atoms with van der Waals surface area (Å²) in [5.74, 6) is 0. The molecule has 1 aromatic carbocycles. The number of hydrogen-bond donors (Lipinski definition) is 2. The number of rotatable bonds is 4. The van der Waals surface area contributed by atoms with Gasteiger partial charge in [-0.15, -0.1) is 0 Å². The zero-order valence-corrected chi connectivity index (χ0v) is 11.6. The minimum Gasteiger partial charge on any atom is -0.360 e. The van der Waals surface area contributed by atoms with Gasteiger partial charge in [-0.1, -0.05) is 19.1 Å². The first-order valence-corrected chi connectivity index (χ1v) is 7.05. The Hall–Kier alpha value is -2.07. The predicted molar refractivity (Wildman–Crippen MR) is 82.7 cm³/mol. The SMILES string of the molecule is CCN1CC=C(c2c[nH]c3cccc(NC=O)c23)CC1. The number of hydrogen-bond acceptors (Lipinski definition) is 2. The molecule has 1 aliphatic rings. The van der Waals surface area contributed by atoms with Crippen LogP contribution in [0.25, 0.3) is 16.5 Å². The number of amides is 1. The number of fused-ring (bicyclic) bond motifs is 1. The van der Waals surface area contributed by atoms with E-state index in [1.54, 1.807) is 0 Å². The van der Waals surface area contributed by atoms with Crippen molar-refractivity contribution in [3.8, 4) is 0 Å². The molecule has 0 aliphatic carbocycles. The molecule has 4 heteroatoms. The van der Waals surface area contributed by atoms with Gasteiger partial charge in [0.1, 0.15) is 0 Å². The topological polar surface area (TPSA) is 48.1 Å². The molecule has 0 radical (unpaired) electrons. The maximum absolute atomic E-state index is 10.8. The molecule has 2 N–H and O–H groups in total. The summed E-state index contributed by atoms with van der Waals surface area (Å²) < 4.78 is 0. The lowest BCUT2D eigenvalue weighted by atomic mass is 9.98. The van der Waals surface area contributed by atoms with E-state index in [1.807, 2.05) is 24.4 Å². The smallest absolute Gasteiger partial charge is 0.211 e. The number of nitrogens with one attached hydrogen (secondary N) is 2. The molecule has 4 nitrogen and oxygen atoms in total. The normalized spacial score (nSPS) is 16.1. The first-order valence-electron chi connectivity index (χ1n) is 7.05. The van der Waals surface area contributed by atoms with Gasteiger partial charge < -0.3 is 10.3 Å². The first kappa shape index (κ1) is 12.9. The molecule has 0 atom stereocenters. The molecular weight excluding hydrogens is 250 g/mol. The van der Waals surface area contributed by atoms with Crippen molar-refractivity contribution in [1.29, 1.82) is 0 Å². The summed E-state index contributed by atoms with van der Waals surface area (Å²) in [6.45, 7) is 5.38. The molecule has 0 unspecified atom stereocenters. The van der Waals surface area contributed by atoms with Crippen LogP contribution in [0.4, 0.5) is 5.69 Å². The zero-order chi connectivity index (χ0) is 13.9. The molecule has 0 spiro atoms. The highest BCUT2D eigenvalue weighted by Crippen LogP contribution is 2.33. The lowest BCUT2D eigenvalue weighted by molar-refractivity contribution is -0.105. The number of aromatic amines is 1. The maximum atomic E-state index is 10.8. The minimum atomic E-state index is 0.736. The Balaban J connectivity index is 2.04. The third-order valence-electron chi connectivity index (χ3n) is 4.01. The Morgan fingerprint density at radius 2 is 2.35 bits per heavy atom. The van der Waals surface area contributed by atoms with Gasteiger partial charge in [-0.2, -0.15) is 0 Å². The van der Waals surface area contributed by atoms with E-state index in [0.717, 1.165) is 49.1 Å². The molecule has 20 heavy (non-hydrogen) atoms. The fourth-order valence-corrected chi connectivity index (χ4v) is 2.86. The Morgan fingerprint density at radius 3 is 3.05 bits per heavy atom. The van der Waals surface area contributed by atoms with Crippen molar-refractivity contribution in [2.45, 2.75) is 13.3 Å². The number of H-pyrrole nitrogens is 1. The number of aromatic nitrogens is 1. The molecule has 1 aliphatic heterocycles. The standard InChI is InChI=1S/C16H19N3O/c1-2-19-8-6-12(7-9-19)13-10-17-14-4-3-5-15(16(13)14)18-11-20/h3-6,10-11,17H,2,7-9H2,1H3,(H,18,20). The van der Waals surface area contributed by atoms with Crippen LogP contribution in [0.3, 0.4) is 0 Å². The Bertz CT molecular complexity index is 657. The summed E-state index contributed by atoms with van der Waals surface area (Å²) in [4.78, 5) is 16.5. The average molecular weight is 269 g/mol. The minimum absolute atomic E-state index is 0.736. The summed E-state index contributed by atoms with van der Waals surface area (Å²) in [7, 11) is 0. The number of benzene rings is 1. The molecule has 0 fully saturated rings. The van der Waals surface area contributed by atoms with Crippen LogP contribution in [-0.2, 0) is 4.79 Å². The van der Waals surface area contributed by atoms with E-state index in [2.05, 4.69) is 28.2 Å². The zero-order valence-electron chi connectivity index (χ0n) is 11.6. The van der Waals surface area contributed by atoms with Crippen LogP contribution < -0.4 is 5.32 Å². The molecule has 104 valence electrons. The lowest BCUT2D eigenvalue weighted by Crippen LogP contribution is -2.27. The molecule has 0 bridgehead atoms. The molecular formula is C16H19N3O. The molecule has 3 rings (SSSR count). The largest absolute Gasteiger partial charge is 0.360 e. The van der Waals surface area contributed by atoms with Gasteiger partial charge in [0.2, 0.25) is 6.41 Å². The molecule has 2 heterocycles. The predicted octanol–water partition coefficient (Wildman–Crippen LogP) is 2.85. The monoisotopic (exact) mass is 269 g/mol. The van der Waals surface area contributed by atoms with Gasteiger partial charge in [0.25, 0.3) is 0 Å². The number of anilines is 1. The van der Waals surface area contributed by atoms with Gasteiger partial charge >= 0.3 is 0 Å². The second kappa shape index (κ2) is 5.51. The molecule has 1 aromatic heterocycles. The van der Waals surface area contributed by atoms with Gasteiger partial charge in [0.15, 0.2) is 0 Å². The summed E-state index contributed by atoms with van der Waals surface area (Å²) in [5.41, 5.74) is 4.50. The fourth-order valence-electron chi connectivity index (χ4n) is 2.86. The summed E-state index contributed by atoms with van der Waals surface area (Å²) >= 11 is 0. The van der Waals surface area contributed by atoms with Crippen molar-refractivity contribution in [1.82, 2.24) is 9.88 Å². The third-order valence-corrected chi connectivity index (χ3v) is 4.01. The van der Waals surface area contributed by atoms with Crippen molar-refractivity contribution < 1.29 is 4.79 Å². The van der Waals surface area contributed by atoms with Crippen molar-refractivity contribution in [3.63, 3.8) is 0 Å². The van der Waals surface area contributed by atoms with Crippen LogP contribution in [-0.4, -0.2) is 35.9 Å². The van der Waals surface area contributed by atoms with Crippen LogP contribution in [0.15, 0.2) is 30.5 Å². The molecule has 2 aromatic rings. The summed E-state index contributed by atoms with van der Waals surface area (Å²) in [5, 5.41) is 3.91. The van der Waals surface area contributed by atoms with E-state index in [9.17, 15) is 4.79 Å². The molecule has 0 saturated carbocycles. The van der Waals surface area contributed by atoms with Crippen molar-refractivity contribution in [3.05, 3.63) is 36.0 Å². The van der Waals surface area contributed by atoms with Gasteiger partial charge in [-0.25, -0.2) is 0 Å². The summed E-state index contributed by atoms with van der Waals surface area (Å²) in [6.07, 6.45) is 6.14. The van der Waals surface area contributed by atoms with E-state index in [1.165, 1.54) is 11.1 Å². The molecule has 1 amide bonds. The van der Waals surface area contributed by atoms with E-state index in [0.29, 0.717) is 0 Å². The second-order valence-electron chi connectivity index (χ2n) is 5.07. The van der Waals surface area contributed by atoms with E-state index in [-0.39, 0.29) is 0 Å². The average Bonchev–Trinajstić information content (AvgIpc) is 2.93. The molecule has 0 saturated heterocycles. The Morgan fingerprint density at radius 1 is 1.45 bits per heavy atom. The number of nitrogens with zero attached hydrogens (tertiary/aromatic N) is 1. The van der Waals surface area contributed by atoms with Gasteiger partial charge in [0, 0.05) is 35.8 Å². The van der Waals surface area contributed by atoms with Crippen LogP contribution in [0.1, 0.15) is 18.9 Å². The fraction of sp³-hybridized carbons (Fsp3) is 0.312. The van der Waals surface area contributed by atoms with Crippen molar-refractivity contribution in [2.75, 3.05) is 25.0 Å². The summed E-state index contributed by atoms with van der Waals surface area (Å²) in [6, 6.07) is 5.93. The highest BCUT2D eigenvalue weighted by molar-refractivity contribution is 6.03. The Kier molecular flexibility index (Phi) is 3.56. The van der Waals surface area contributed by atoms with Crippen molar-refractivity contribution >= 4 is 28.6 Å². The highest BCUT2D eigenvalue weighted by atomic mass is 16.1. The number of carbonyl (C=O) groups excluding carboxylic acids is 1. The Labute approximate surface area is 118 Å². The van der Waals surface area contributed by atoms with Crippen LogP contribution in [0.2, 0.25) is 0 Å². The third kappa shape index (κ3) is 2.23.